The SMILES string of the molecule is [Br-].[O-]C(c1[c]cccc1)(C(F)(F)F)C(F)(F)F.[O-]C(c1[c]cccc1)(C(F)(F)F)C(F)(F)F.[Sb+3]. The van der Waals surface area contributed by atoms with Gasteiger partial charge in [-0.2, -0.15) is 52.7 Å². The van der Waals surface area contributed by atoms with Crippen molar-refractivity contribution in [1.82, 2.24) is 0 Å². The van der Waals surface area contributed by atoms with E-state index in [-0.39, 0.29) is 41.4 Å². The summed E-state index contributed by atoms with van der Waals surface area (Å²) in [7, 11) is 0. The molecule has 0 atom stereocenters. The second-order valence-corrected chi connectivity index (χ2v) is 5.91. The summed E-state index contributed by atoms with van der Waals surface area (Å²) in [6.45, 7) is 0. The fraction of sp³-hybridized carbons (Fsp3) is 0.333. The molecule has 0 unspecified atom stereocenters. The van der Waals surface area contributed by atoms with E-state index in [2.05, 4.69) is 0 Å². The standard InChI is InChI=1S/2C9H4F6O.BrH.Sb/c2*10-8(11,12)7(16,9(13,14)15)6-4-2-1-3-5-6;;/h2*1-4H;1H;/q2*-1;;+3/p-1. The number of alkyl halides is 12. The number of halogens is 13. The van der Waals surface area contributed by atoms with Crippen LogP contribution in [-0.2, 0) is 11.2 Å². The van der Waals surface area contributed by atoms with Crippen LogP contribution in [0.25, 0.3) is 0 Å². The molecule has 4 radical (unpaired) electrons. The van der Waals surface area contributed by atoms with Gasteiger partial charge in [0.15, 0.2) is 0 Å². The Hall–Kier alpha value is -1.18. The Kier molecular flexibility index (Phi) is 12.0. The van der Waals surface area contributed by atoms with E-state index in [4.69, 9.17) is 0 Å². The molecule has 0 aliphatic carbocycles. The predicted molar refractivity (Wildman–Crippen MR) is 83.9 cm³/mol. The second kappa shape index (κ2) is 11.7. The molecule has 2 aromatic carbocycles. The number of hydrogen-bond donors (Lipinski definition) is 0. The zero-order valence-electron chi connectivity index (χ0n) is 15.8. The summed E-state index contributed by atoms with van der Waals surface area (Å²) >= 11 is 0. The van der Waals surface area contributed by atoms with Crippen molar-refractivity contribution in [3.05, 3.63) is 71.8 Å². The van der Waals surface area contributed by atoms with Gasteiger partial charge in [0.05, 0.1) is 0 Å². The van der Waals surface area contributed by atoms with Crippen molar-refractivity contribution in [3.63, 3.8) is 0 Å². The van der Waals surface area contributed by atoms with Gasteiger partial charge in [-0.3, -0.25) is 0 Å². The normalized spacial score (nSPS) is 13.1. The molecule has 34 heavy (non-hydrogen) atoms. The minimum atomic E-state index is -5.97. The Labute approximate surface area is 211 Å². The molecule has 16 heteroatoms. The second-order valence-electron chi connectivity index (χ2n) is 5.91. The van der Waals surface area contributed by atoms with E-state index in [1.807, 2.05) is 0 Å². The van der Waals surface area contributed by atoms with Gasteiger partial charge in [-0.05, 0) is 23.3 Å². The fourth-order valence-electron chi connectivity index (χ4n) is 2.16. The summed E-state index contributed by atoms with van der Waals surface area (Å²) in [4.78, 5) is 0. The minimum Gasteiger partial charge on any atom is -1.00 e. The third-order valence-corrected chi connectivity index (χ3v) is 3.77. The van der Waals surface area contributed by atoms with Crippen molar-refractivity contribution >= 4 is 24.4 Å². The van der Waals surface area contributed by atoms with E-state index in [1.54, 1.807) is 12.1 Å². The summed E-state index contributed by atoms with van der Waals surface area (Å²) in [6, 6.07) is 10.0. The van der Waals surface area contributed by atoms with Crippen LogP contribution in [0.1, 0.15) is 11.1 Å². The molecular weight excluding hydrogens is 678 g/mol. The Morgan fingerprint density at radius 2 is 0.735 bits per heavy atom. The van der Waals surface area contributed by atoms with Gasteiger partial charge in [-0.1, -0.05) is 48.5 Å². The summed E-state index contributed by atoms with van der Waals surface area (Å²) in [5.41, 5.74) is -13.3. The average molecular weight is 686 g/mol. The van der Waals surface area contributed by atoms with Crippen LogP contribution in [-0.4, -0.2) is 49.1 Å². The van der Waals surface area contributed by atoms with E-state index in [1.165, 1.54) is 0 Å². The van der Waals surface area contributed by atoms with Gasteiger partial charge in [0, 0.05) is 0 Å². The summed E-state index contributed by atoms with van der Waals surface area (Å²) in [6.07, 6.45) is -23.9. The first kappa shape index (κ1) is 35.0. The summed E-state index contributed by atoms with van der Waals surface area (Å²) in [5.74, 6) is 0. The van der Waals surface area contributed by atoms with Crippen molar-refractivity contribution in [2.45, 2.75) is 35.9 Å². The monoisotopic (exact) mass is 684 g/mol. The Balaban J connectivity index is 0. The number of rotatable bonds is 2. The van der Waals surface area contributed by atoms with E-state index < -0.39 is 47.0 Å². The molecule has 2 rings (SSSR count). The van der Waals surface area contributed by atoms with Crippen molar-refractivity contribution in [1.29, 1.82) is 0 Å². The van der Waals surface area contributed by atoms with Crippen molar-refractivity contribution in [3.8, 4) is 0 Å². The average Bonchev–Trinajstić information content (AvgIpc) is 2.65. The van der Waals surface area contributed by atoms with E-state index in [0.29, 0.717) is 12.1 Å². The zero-order valence-corrected chi connectivity index (χ0v) is 19.9. The van der Waals surface area contributed by atoms with Gasteiger partial charge in [-0.15, -0.1) is 0 Å². The maximum atomic E-state index is 12.2. The Bertz CT molecular complexity index is 763. The molecule has 0 aliphatic rings. The van der Waals surface area contributed by atoms with E-state index in [9.17, 15) is 62.9 Å². The molecule has 0 amide bonds. The summed E-state index contributed by atoms with van der Waals surface area (Å²) in [5, 5.41) is 22.1. The van der Waals surface area contributed by atoms with Gasteiger partial charge in [0.25, 0.3) is 0 Å². The van der Waals surface area contributed by atoms with Crippen molar-refractivity contribution in [2.24, 2.45) is 0 Å². The van der Waals surface area contributed by atoms with Crippen LogP contribution in [0.15, 0.2) is 48.5 Å². The fourth-order valence-corrected chi connectivity index (χ4v) is 2.16. The Morgan fingerprint density at radius 1 is 0.500 bits per heavy atom. The van der Waals surface area contributed by atoms with Crippen LogP contribution in [0.2, 0.25) is 0 Å². The number of hydrogen-bond acceptors (Lipinski definition) is 2. The molecule has 0 heterocycles. The molecule has 0 saturated carbocycles. The quantitative estimate of drug-likeness (QED) is 0.350. The van der Waals surface area contributed by atoms with Crippen molar-refractivity contribution in [2.75, 3.05) is 0 Å². The maximum absolute atomic E-state index is 12.2. The van der Waals surface area contributed by atoms with E-state index in [0.717, 1.165) is 36.4 Å². The molecule has 0 fully saturated rings. The first-order valence-corrected chi connectivity index (χ1v) is 7.83. The predicted octanol–water partition coefficient (Wildman–Crippen LogP) is 0.957. The first-order chi connectivity index (χ1) is 14.2. The van der Waals surface area contributed by atoms with Gasteiger partial charge in [0.1, 0.15) is 11.2 Å². The first-order valence-electron chi connectivity index (χ1n) is 7.83. The molecule has 0 aliphatic heterocycles. The molecule has 2 nitrogen and oxygen atoms in total. The topological polar surface area (TPSA) is 46.1 Å². The molecule has 2 aromatic rings. The smallest absolute Gasteiger partial charge is 1.00 e. The molecule has 0 saturated heterocycles. The Morgan fingerprint density at radius 3 is 0.882 bits per heavy atom. The van der Waals surface area contributed by atoms with E-state index >= 15 is 0 Å². The molecule has 0 bridgehead atoms. The molecular formula is C18H8BrF12O2Sb. The van der Waals surface area contributed by atoms with Crippen LogP contribution in [0, 0.1) is 12.1 Å². The third kappa shape index (κ3) is 6.94. The summed E-state index contributed by atoms with van der Waals surface area (Å²) < 4.78 is 147. The zero-order chi connectivity index (χ0) is 25.2. The van der Waals surface area contributed by atoms with Crippen LogP contribution in [0.3, 0.4) is 0 Å². The molecule has 188 valence electrons. The van der Waals surface area contributed by atoms with Crippen LogP contribution in [0.4, 0.5) is 52.7 Å². The molecule has 0 spiro atoms. The number of benzene rings is 2. The van der Waals surface area contributed by atoms with Gasteiger partial charge in [-0.25, -0.2) is 0 Å². The van der Waals surface area contributed by atoms with Gasteiger partial charge < -0.3 is 27.2 Å². The maximum Gasteiger partial charge on any atom is 3.00 e. The molecule has 0 aromatic heterocycles. The van der Waals surface area contributed by atoms with Crippen molar-refractivity contribution < 1.29 is 79.9 Å². The molecule has 0 N–H and O–H groups in total. The van der Waals surface area contributed by atoms with Gasteiger partial charge in [0.2, 0.25) is 0 Å². The largest absolute Gasteiger partial charge is 3.00 e. The minimum absolute atomic E-state index is 0. The van der Waals surface area contributed by atoms with Crippen LogP contribution in [0.5, 0.6) is 0 Å². The van der Waals surface area contributed by atoms with Crippen LogP contribution >= 0.6 is 0 Å². The van der Waals surface area contributed by atoms with Gasteiger partial charge >= 0.3 is 49.1 Å². The third-order valence-electron chi connectivity index (χ3n) is 3.77. The van der Waals surface area contributed by atoms with Crippen LogP contribution < -0.4 is 27.2 Å².